The van der Waals surface area contributed by atoms with E-state index >= 15 is 0 Å². The molecule has 236 valence electrons. The van der Waals surface area contributed by atoms with Crippen molar-refractivity contribution >= 4 is 34.5 Å². The number of amides is 1. The standard InChI is InChI=1S/C36H43N5O3S/c1-36(2)17-27-26-12-15-41(35(44)33(26)45-31(27)18-36)30-7-5-6-25(28(30)21-42)24-16-29(34(43)40(4)20-24)38-32-9-8-23(19-37-32)22-10-13-39(3)14-11-22/h5-9,16,20,22-23,42H,10-15,17-19,21H2,1-4H3,(H,37,38). The highest BCUT2D eigenvalue weighted by molar-refractivity contribution is 7.14. The summed E-state index contributed by atoms with van der Waals surface area (Å²) in [6, 6.07) is 7.64. The predicted molar refractivity (Wildman–Crippen MR) is 183 cm³/mol. The molecule has 2 aromatic heterocycles. The van der Waals surface area contributed by atoms with E-state index in [0.29, 0.717) is 35.5 Å². The van der Waals surface area contributed by atoms with E-state index in [9.17, 15) is 14.7 Å². The van der Waals surface area contributed by atoms with E-state index in [2.05, 4.69) is 37.2 Å². The molecule has 0 bridgehead atoms. The molecule has 1 fully saturated rings. The Morgan fingerprint density at radius 3 is 2.62 bits per heavy atom. The number of rotatable bonds is 5. The van der Waals surface area contributed by atoms with E-state index < -0.39 is 0 Å². The highest BCUT2D eigenvalue weighted by Gasteiger charge is 2.38. The summed E-state index contributed by atoms with van der Waals surface area (Å²) in [6.07, 6.45) is 11.3. The average Bonchev–Trinajstić information content (AvgIpc) is 3.52. The molecule has 0 saturated carbocycles. The molecule has 2 N–H and O–H groups in total. The number of aliphatic imine (C=N–C) groups is 1. The van der Waals surface area contributed by atoms with Crippen molar-refractivity contribution in [3.63, 3.8) is 0 Å². The van der Waals surface area contributed by atoms with Gasteiger partial charge in [0.15, 0.2) is 0 Å². The third kappa shape index (κ3) is 5.59. The normalized spacial score (nSPS) is 21.5. The second-order valence-corrected chi connectivity index (χ2v) is 15.2. The lowest BCUT2D eigenvalue weighted by Crippen LogP contribution is -2.37. The largest absolute Gasteiger partial charge is 0.392 e. The highest BCUT2D eigenvalue weighted by atomic mass is 32.1. The van der Waals surface area contributed by atoms with Crippen LogP contribution in [0.4, 0.5) is 11.4 Å². The average molecular weight is 626 g/mol. The Morgan fingerprint density at radius 1 is 1.09 bits per heavy atom. The van der Waals surface area contributed by atoms with Crippen LogP contribution in [0.2, 0.25) is 0 Å². The molecule has 1 amide bonds. The first-order chi connectivity index (χ1) is 21.6. The van der Waals surface area contributed by atoms with Gasteiger partial charge < -0.3 is 24.8 Å². The molecule has 0 radical (unpaired) electrons. The first-order valence-corrected chi connectivity index (χ1v) is 17.0. The third-order valence-electron chi connectivity index (χ3n) is 10.2. The minimum Gasteiger partial charge on any atom is -0.392 e. The van der Waals surface area contributed by atoms with Crippen LogP contribution < -0.4 is 15.8 Å². The number of aromatic nitrogens is 1. The van der Waals surface area contributed by atoms with Crippen LogP contribution in [0.5, 0.6) is 0 Å². The number of dihydropyridines is 1. The van der Waals surface area contributed by atoms with E-state index in [0.717, 1.165) is 60.6 Å². The van der Waals surface area contributed by atoms with Crippen molar-refractivity contribution in [1.29, 1.82) is 0 Å². The van der Waals surface area contributed by atoms with Crippen molar-refractivity contribution in [3.8, 4) is 11.1 Å². The number of aliphatic hydroxyl groups is 1. The number of fused-ring (bicyclic) bond motifs is 3. The highest BCUT2D eigenvalue weighted by Crippen LogP contribution is 2.46. The number of hydrogen-bond donors (Lipinski definition) is 2. The van der Waals surface area contributed by atoms with Crippen molar-refractivity contribution in [2.75, 3.05) is 43.4 Å². The number of carbonyl (C=O) groups excluding carboxylic acids is 1. The molecule has 1 unspecified atom stereocenters. The van der Waals surface area contributed by atoms with Gasteiger partial charge >= 0.3 is 0 Å². The monoisotopic (exact) mass is 625 g/mol. The van der Waals surface area contributed by atoms with Gasteiger partial charge in [-0.1, -0.05) is 32.1 Å². The molecule has 1 aliphatic carbocycles. The zero-order valence-corrected chi connectivity index (χ0v) is 27.5. The summed E-state index contributed by atoms with van der Waals surface area (Å²) in [4.78, 5) is 38.3. The molecule has 5 heterocycles. The van der Waals surface area contributed by atoms with Crippen molar-refractivity contribution in [2.45, 2.75) is 52.6 Å². The number of pyridine rings is 1. The van der Waals surface area contributed by atoms with E-state index in [1.807, 2.05) is 35.2 Å². The van der Waals surface area contributed by atoms with E-state index in [4.69, 9.17) is 4.99 Å². The second-order valence-electron chi connectivity index (χ2n) is 14.1. The van der Waals surface area contributed by atoms with Gasteiger partial charge in [0.1, 0.15) is 11.5 Å². The number of anilines is 2. The summed E-state index contributed by atoms with van der Waals surface area (Å²) in [6.45, 7) is 7.94. The zero-order valence-electron chi connectivity index (χ0n) is 26.7. The molecule has 1 saturated heterocycles. The first-order valence-electron chi connectivity index (χ1n) is 16.2. The van der Waals surface area contributed by atoms with Gasteiger partial charge in [-0.15, -0.1) is 11.3 Å². The van der Waals surface area contributed by atoms with Gasteiger partial charge in [0.05, 0.1) is 17.2 Å². The third-order valence-corrected chi connectivity index (χ3v) is 11.5. The van der Waals surface area contributed by atoms with Crippen molar-refractivity contribution in [3.05, 3.63) is 79.4 Å². The van der Waals surface area contributed by atoms with Gasteiger partial charge in [-0.05, 0) is 104 Å². The van der Waals surface area contributed by atoms with Gasteiger partial charge in [0.2, 0.25) is 0 Å². The number of aryl methyl sites for hydroxylation is 1. The predicted octanol–water partition coefficient (Wildman–Crippen LogP) is 5.27. The van der Waals surface area contributed by atoms with E-state index in [-0.39, 0.29) is 23.5 Å². The Balaban J connectivity index is 1.14. The molecular weight excluding hydrogens is 582 g/mol. The Labute approximate surface area is 269 Å². The zero-order chi connectivity index (χ0) is 31.5. The summed E-state index contributed by atoms with van der Waals surface area (Å²) in [5.41, 5.74) is 6.15. The number of piperidine rings is 1. The number of carbonyl (C=O) groups is 1. The molecule has 1 atom stereocenters. The number of amidine groups is 1. The van der Waals surface area contributed by atoms with Gasteiger partial charge in [-0.3, -0.25) is 14.6 Å². The van der Waals surface area contributed by atoms with Gasteiger partial charge in [0.25, 0.3) is 11.5 Å². The maximum atomic E-state index is 13.9. The topological polar surface area (TPSA) is 90.2 Å². The smallest absolute Gasteiger partial charge is 0.274 e. The fraction of sp³-hybridized carbons (Fsp3) is 0.472. The molecule has 3 aliphatic heterocycles. The van der Waals surface area contributed by atoms with Crippen molar-refractivity contribution < 1.29 is 9.90 Å². The number of nitrogens with one attached hydrogen (secondary N) is 1. The molecule has 8 nitrogen and oxygen atoms in total. The Hall–Kier alpha value is -3.53. The molecule has 45 heavy (non-hydrogen) atoms. The fourth-order valence-electron chi connectivity index (χ4n) is 7.72. The lowest BCUT2D eigenvalue weighted by atomic mass is 9.83. The molecule has 0 spiro atoms. The van der Waals surface area contributed by atoms with Gasteiger partial charge in [-0.25, -0.2) is 0 Å². The van der Waals surface area contributed by atoms with Crippen LogP contribution in [0.3, 0.4) is 0 Å². The quantitative estimate of drug-likeness (QED) is 0.403. The van der Waals surface area contributed by atoms with Crippen LogP contribution in [0, 0.1) is 17.3 Å². The molecule has 9 heteroatoms. The van der Waals surface area contributed by atoms with Crippen LogP contribution >= 0.6 is 11.3 Å². The molecule has 7 rings (SSSR count). The summed E-state index contributed by atoms with van der Waals surface area (Å²) in [5.74, 6) is 1.78. The van der Waals surface area contributed by atoms with E-state index in [1.54, 1.807) is 29.1 Å². The van der Waals surface area contributed by atoms with Crippen LogP contribution in [-0.4, -0.2) is 59.5 Å². The molecule has 3 aromatic rings. The first kappa shape index (κ1) is 30.1. The van der Waals surface area contributed by atoms with Crippen molar-refractivity contribution in [1.82, 2.24) is 9.47 Å². The number of aliphatic hydroxyl groups excluding tert-OH is 1. The summed E-state index contributed by atoms with van der Waals surface area (Å²) in [5, 5.41) is 14.0. The number of hydrogen-bond acceptors (Lipinski definition) is 7. The summed E-state index contributed by atoms with van der Waals surface area (Å²) in [7, 11) is 3.92. The van der Waals surface area contributed by atoms with Crippen molar-refractivity contribution in [2.24, 2.45) is 29.3 Å². The fourth-order valence-corrected chi connectivity index (χ4v) is 9.29. The Bertz CT molecular complexity index is 1780. The number of likely N-dealkylation sites (tertiary alicyclic amines) is 1. The minimum atomic E-state index is -0.226. The number of benzene rings is 1. The van der Waals surface area contributed by atoms with Gasteiger partial charge in [-0.2, -0.15) is 0 Å². The number of thiophene rings is 1. The molecule has 4 aliphatic rings. The Morgan fingerprint density at radius 2 is 1.89 bits per heavy atom. The second kappa shape index (κ2) is 11.7. The maximum absolute atomic E-state index is 13.9. The lowest BCUT2D eigenvalue weighted by molar-refractivity contribution is 0.0984. The van der Waals surface area contributed by atoms with Crippen LogP contribution in [0.25, 0.3) is 11.1 Å². The maximum Gasteiger partial charge on any atom is 0.274 e. The minimum absolute atomic E-state index is 0.0174. The summed E-state index contributed by atoms with van der Waals surface area (Å²) >= 11 is 1.66. The molecule has 1 aromatic carbocycles. The lowest BCUT2D eigenvalue weighted by Gasteiger charge is -2.33. The van der Waals surface area contributed by atoms with Crippen LogP contribution in [0.15, 0.2) is 52.4 Å². The number of nitrogens with zero attached hydrogens (tertiary/aromatic N) is 4. The summed E-state index contributed by atoms with van der Waals surface area (Å²) < 4.78 is 1.56. The SMILES string of the molecule is CN1CCC(C2C=CC(Nc3cc(-c4cccc(N5CCc6c(sc7c6CC(C)(C)C7)C5=O)c4CO)cn(C)c3=O)=NC2)CC1. The van der Waals surface area contributed by atoms with Crippen LogP contribution in [-0.2, 0) is 32.9 Å². The Kier molecular flexibility index (Phi) is 7.82. The van der Waals surface area contributed by atoms with E-state index in [1.165, 1.54) is 28.8 Å². The van der Waals surface area contributed by atoms with Gasteiger partial charge in [0, 0.05) is 42.3 Å². The molecular formula is C36H43N5O3S. The van der Waals surface area contributed by atoms with Crippen LogP contribution in [0.1, 0.15) is 57.9 Å².